The van der Waals surface area contributed by atoms with Gasteiger partial charge in [-0.15, -0.1) is 0 Å². The molecule has 1 heterocycles. The molecule has 3 nitrogen and oxygen atoms in total. The average molecular weight is 396 g/mol. The monoisotopic (exact) mass is 394 g/mol. The van der Waals surface area contributed by atoms with Crippen molar-refractivity contribution in [3.63, 3.8) is 0 Å². The van der Waals surface area contributed by atoms with Crippen molar-refractivity contribution >= 4 is 55.0 Å². The first kappa shape index (κ1) is 15.5. The van der Waals surface area contributed by atoms with Crippen LogP contribution in [0.15, 0.2) is 45.9 Å². The fourth-order valence-corrected chi connectivity index (χ4v) is 4.28. The molecule has 1 aromatic heterocycles. The predicted octanol–water partition coefficient (Wildman–Crippen LogP) is 4.71. The van der Waals surface area contributed by atoms with Crippen molar-refractivity contribution in [1.82, 2.24) is 4.57 Å². The second kappa shape index (κ2) is 5.99. The lowest BCUT2D eigenvalue weighted by atomic mass is 10.2. The molecule has 0 aliphatic heterocycles. The Bertz CT molecular complexity index is 958. The SMILES string of the molecule is Cc1cc(Cl)cc2sc(=NC(=O)c3ccccc3Br)n(C)c12. The molecule has 0 radical (unpaired) electrons. The van der Waals surface area contributed by atoms with Crippen LogP contribution in [0.3, 0.4) is 0 Å². The van der Waals surface area contributed by atoms with Crippen LogP contribution in [0, 0.1) is 6.92 Å². The zero-order valence-corrected chi connectivity index (χ0v) is 15.1. The van der Waals surface area contributed by atoms with Gasteiger partial charge >= 0.3 is 0 Å². The smallest absolute Gasteiger partial charge is 0.280 e. The maximum absolute atomic E-state index is 12.4. The van der Waals surface area contributed by atoms with Crippen LogP contribution < -0.4 is 4.80 Å². The first-order valence-electron chi connectivity index (χ1n) is 6.56. The number of aryl methyl sites for hydroxylation is 2. The molecule has 0 unspecified atom stereocenters. The Balaban J connectivity index is 2.18. The molecule has 0 atom stereocenters. The van der Waals surface area contributed by atoms with E-state index in [1.807, 2.05) is 48.9 Å². The molecule has 0 spiro atoms. The molecule has 112 valence electrons. The highest BCUT2D eigenvalue weighted by molar-refractivity contribution is 9.10. The van der Waals surface area contributed by atoms with Gasteiger partial charge in [-0.3, -0.25) is 4.79 Å². The Morgan fingerprint density at radius 3 is 2.77 bits per heavy atom. The average Bonchev–Trinajstić information content (AvgIpc) is 2.75. The van der Waals surface area contributed by atoms with Crippen LogP contribution in [0.2, 0.25) is 5.02 Å². The normalized spacial score (nSPS) is 12.1. The molecule has 0 saturated carbocycles. The molecule has 0 aliphatic rings. The zero-order valence-electron chi connectivity index (χ0n) is 11.9. The van der Waals surface area contributed by atoms with Gasteiger partial charge < -0.3 is 4.57 Å². The van der Waals surface area contributed by atoms with Gasteiger partial charge in [0.2, 0.25) is 0 Å². The number of fused-ring (bicyclic) bond motifs is 1. The first-order chi connectivity index (χ1) is 10.5. The topological polar surface area (TPSA) is 34.4 Å². The number of carbonyl (C=O) groups is 1. The molecule has 0 aliphatic carbocycles. The van der Waals surface area contributed by atoms with Gasteiger partial charge in [0, 0.05) is 16.5 Å². The third-order valence-electron chi connectivity index (χ3n) is 3.36. The minimum Gasteiger partial charge on any atom is -0.319 e. The fourth-order valence-electron chi connectivity index (χ4n) is 2.35. The van der Waals surface area contributed by atoms with Crippen molar-refractivity contribution in [2.75, 3.05) is 0 Å². The first-order valence-corrected chi connectivity index (χ1v) is 8.55. The summed E-state index contributed by atoms with van der Waals surface area (Å²) in [5, 5.41) is 0.690. The highest BCUT2D eigenvalue weighted by Crippen LogP contribution is 2.25. The van der Waals surface area contributed by atoms with Gasteiger partial charge in [-0.2, -0.15) is 4.99 Å². The Labute approximate surface area is 145 Å². The molecule has 0 fully saturated rings. The Kier molecular flexibility index (Phi) is 4.21. The van der Waals surface area contributed by atoms with E-state index < -0.39 is 0 Å². The van der Waals surface area contributed by atoms with Crippen molar-refractivity contribution < 1.29 is 4.79 Å². The molecule has 3 aromatic rings. The fraction of sp³-hybridized carbons (Fsp3) is 0.125. The van der Waals surface area contributed by atoms with Crippen LogP contribution in [-0.2, 0) is 7.05 Å². The van der Waals surface area contributed by atoms with E-state index in [2.05, 4.69) is 20.9 Å². The molecule has 1 amide bonds. The van der Waals surface area contributed by atoms with Crippen LogP contribution in [-0.4, -0.2) is 10.5 Å². The summed E-state index contributed by atoms with van der Waals surface area (Å²) in [5.41, 5.74) is 2.67. The van der Waals surface area contributed by atoms with E-state index >= 15 is 0 Å². The van der Waals surface area contributed by atoms with Gasteiger partial charge in [0.15, 0.2) is 4.80 Å². The highest BCUT2D eigenvalue weighted by Gasteiger charge is 2.11. The van der Waals surface area contributed by atoms with Crippen molar-refractivity contribution in [1.29, 1.82) is 0 Å². The lowest BCUT2D eigenvalue weighted by Crippen LogP contribution is -2.13. The van der Waals surface area contributed by atoms with E-state index in [0.29, 0.717) is 15.4 Å². The number of hydrogen-bond donors (Lipinski definition) is 0. The second-order valence-electron chi connectivity index (χ2n) is 4.91. The van der Waals surface area contributed by atoms with E-state index in [0.717, 1.165) is 20.3 Å². The summed E-state index contributed by atoms with van der Waals surface area (Å²) < 4.78 is 3.69. The molecular weight excluding hydrogens is 384 g/mol. The summed E-state index contributed by atoms with van der Waals surface area (Å²) >= 11 is 10.9. The summed E-state index contributed by atoms with van der Waals surface area (Å²) in [5.74, 6) is -0.265. The quantitative estimate of drug-likeness (QED) is 0.588. The van der Waals surface area contributed by atoms with Crippen LogP contribution in [0.4, 0.5) is 0 Å². The molecule has 3 rings (SSSR count). The number of hydrogen-bond acceptors (Lipinski definition) is 2. The predicted molar refractivity (Wildman–Crippen MR) is 94.6 cm³/mol. The van der Waals surface area contributed by atoms with Gasteiger partial charge in [0.1, 0.15) is 0 Å². The minimum atomic E-state index is -0.265. The summed E-state index contributed by atoms with van der Waals surface area (Å²) in [6, 6.07) is 11.1. The molecule has 22 heavy (non-hydrogen) atoms. The minimum absolute atomic E-state index is 0.265. The van der Waals surface area contributed by atoms with Crippen LogP contribution in [0.1, 0.15) is 15.9 Å². The lowest BCUT2D eigenvalue weighted by molar-refractivity contribution is 0.0997. The van der Waals surface area contributed by atoms with Gasteiger partial charge in [0.25, 0.3) is 5.91 Å². The Morgan fingerprint density at radius 1 is 1.32 bits per heavy atom. The van der Waals surface area contributed by atoms with Crippen molar-refractivity contribution in [2.24, 2.45) is 12.0 Å². The second-order valence-corrected chi connectivity index (χ2v) is 7.21. The van der Waals surface area contributed by atoms with Gasteiger partial charge in [-0.1, -0.05) is 35.1 Å². The van der Waals surface area contributed by atoms with E-state index in [-0.39, 0.29) is 5.91 Å². The molecule has 0 N–H and O–H groups in total. The zero-order chi connectivity index (χ0) is 15.9. The number of carbonyl (C=O) groups excluding carboxylic acids is 1. The summed E-state index contributed by atoms with van der Waals surface area (Å²) in [7, 11) is 1.91. The molecule has 0 bridgehead atoms. The maximum Gasteiger partial charge on any atom is 0.280 e. The Morgan fingerprint density at radius 2 is 2.05 bits per heavy atom. The molecular formula is C16H12BrClN2OS. The van der Waals surface area contributed by atoms with E-state index in [9.17, 15) is 4.79 Å². The number of nitrogens with zero attached hydrogens (tertiary/aromatic N) is 2. The maximum atomic E-state index is 12.4. The standard InChI is InChI=1S/C16H12BrClN2OS/c1-9-7-10(18)8-13-14(9)20(2)16(22-13)19-15(21)11-5-3-4-6-12(11)17/h3-8H,1-2H3. The summed E-state index contributed by atoms with van der Waals surface area (Å²) in [4.78, 5) is 17.3. The molecule has 6 heteroatoms. The van der Waals surface area contributed by atoms with Crippen molar-refractivity contribution in [3.05, 3.63) is 61.8 Å². The van der Waals surface area contributed by atoms with Crippen molar-refractivity contribution in [2.45, 2.75) is 6.92 Å². The molecule has 2 aromatic carbocycles. The highest BCUT2D eigenvalue weighted by atomic mass is 79.9. The summed E-state index contributed by atoms with van der Waals surface area (Å²) in [6.07, 6.45) is 0. The molecule has 0 saturated heterocycles. The van der Waals surface area contributed by atoms with Gasteiger partial charge in [-0.05, 0) is 52.7 Å². The van der Waals surface area contributed by atoms with Crippen molar-refractivity contribution in [3.8, 4) is 0 Å². The van der Waals surface area contributed by atoms with Crippen LogP contribution in [0.25, 0.3) is 10.2 Å². The number of rotatable bonds is 1. The third kappa shape index (κ3) is 2.76. The number of aromatic nitrogens is 1. The largest absolute Gasteiger partial charge is 0.319 e. The van der Waals surface area contributed by atoms with Gasteiger partial charge in [-0.25, -0.2) is 0 Å². The van der Waals surface area contributed by atoms with Crippen LogP contribution in [0.5, 0.6) is 0 Å². The third-order valence-corrected chi connectivity index (χ3v) is 5.34. The summed E-state index contributed by atoms with van der Waals surface area (Å²) in [6.45, 7) is 2.00. The van der Waals surface area contributed by atoms with Gasteiger partial charge in [0.05, 0.1) is 15.8 Å². The number of benzene rings is 2. The van der Waals surface area contributed by atoms with Crippen LogP contribution >= 0.6 is 38.9 Å². The Hall–Kier alpha value is -1.43. The lowest BCUT2D eigenvalue weighted by Gasteiger charge is -2.01. The van der Waals surface area contributed by atoms with E-state index in [1.165, 1.54) is 11.3 Å². The van der Waals surface area contributed by atoms with E-state index in [4.69, 9.17) is 11.6 Å². The van der Waals surface area contributed by atoms with E-state index in [1.54, 1.807) is 6.07 Å². The number of thiazole rings is 1. The number of halogens is 2. The number of amides is 1.